The number of nitrogens with two attached hydrogens (primary N) is 1. The fraction of sp³-hybridized carbons (Fsp3) is 0.200. The van der Waals surface area contributed by atoms with Gasteiger partial charge in [-0.05, 0) is 42.2 Å². The molecular formula is C15H15Cl2FN2. The third kappa shape index (κ3) is 3.30. The lowest BCUT2D eigenvalue weighted by Crippen LogP contribution is -2.29. The van der Waals surface area contributed by atoms with E-state index in [0.29, 0.717) is 17.0 Å². The van der Waals surface area contributed by atoms with E-state index < -0.39 is 5.82 Å². The first-order valence-electron chi connectivity index (χ1n) is 6.18. The van der Waals surface area contributed by atoms with Crippen LogP contribution in [0.15, 0.2) is 36.4 Å². The average Bonchev–Trinajstić information content (AvgIpc) is 2.44. The first-order chi connectivity index (χ1) is 9.52. The van der Waals surface area contributed by atoms with Crippen molar-refractivity contribution in [3.8, 4) is 0 Å². The van der Waals surface area contributed by atoms with Gasteiger partial charge >= 0.3 is 0 Å². The van der Waals surface area contributed by atoms with Gasteiger partial charge in [-0.3, -0.25) is 11.3 Å². The highest BCUT2D eigenvalue weighted by Crippen LogP contribution is 2.26. The molecule has 0 spiro atoms. The van der Waals surface area contributed by atoms with Crippen LogP contribution in [0, 0.1) is 12.7 Å². The first-order valence-corrected chi connectivity index (χ1v) is 6.93. The Hall–Kier alpha value is -1.13. The molecule has 3 N–H and O–H groups in total. The predicted octanol–water partition coefficient (Wildman–Crippen LogP) is 4.19. The summed E-state index contributed by atoms with van der Waals surface area (Å²) in [6.07, 6.45) is 0.407. The van der Waals surface area contributed by atoms with Crippen molar-refractivity contribution in [1.29, 1.82) is 0 Å². The highest BCUT2D eigenvalue weighted by Gasteiger charge is 2.15. The third-order valence-electron chi connectivity index (χ3n) is 3.24. The van der Waals surface area contributed by atoms with E-state index in [9.17, 15) is 4.39 Å². The zero-order chi connectivity index (χ0) is 14.7. The van der Waals surface area contributed by atoms with Crippen LogP contribution in [0.2, 0.25) is 10.0 Å². The molecule has 1 unspecified atom stereocenters. The van der Waals surface area contributed by atoms with Crippen LogP contribution in [-0.2, 0) is 6.42 Å². The molecule has 0 fully saturated rings. The van der Waals surface area contributed by atoms with Gasteiger partial charge in [0.05, 0.1) is 11.1 Å². The summed E-state index contributed by atoms with van der Waals surface area (Å²) in [6.45, 7) is 1.92. The number of aryl methyl sites for hydroxylation is 1. The molecule has 1 atom stereocenters. The van der Waals surface area contributed by atoms with Gasteiger partial charge in [-0.25, -0.2) is 4.39 Å². The second-order valence-electron chi connectivity index (χ2n) is 4.64. The zero-order valence-corrected chi connectivity index (χ0v) is 12.5. The summed E-state index contributed by atoms with van der Waals surface area (Å²) in [5, 5.41) is 0.809. The van der Waals surface area contributed by atoms with Crippen molar-refractivity contribution in [2.75, 3.05) is 0 Å². The molecule has 2 rings (SSSR count). The van der Waals surface area contributed by atoms with Crippen molar-refractivity contribution in [2.24, 2.45) is 5.84 Å². The van der Waals surface area contributed by atoms with E-state index in [0.717, 1.165) is 11.1 Å². The summed E-state index contributed by atoms with van der Waals surface area (Å²) < 4.78 is 13.9. The van der Waals surface area contributed by atoms with E-state index in [4.69, 9.17) is 29.0 Å². The van der Waals surface area contributed by atoms with E-state index in [-0.39, 0.29) is 11.1 Å². The molecule has 2 aromatic carbocycles. The highest BCUT2D eigenvalue weighted by atomic mass is 35.5. The van der Waals surface area contributed by atoms with E-state index in [1.54, 1.807) is 12.1 Å². The summed E-state index contributed by atoms with van der Waals surface area (Å²) in [7, 11) is 0. The van der Waals surface area contributed by atoms with Crippen LogP contribution in [0.3, 0.4) is 0 Å². The van der Waals surface area contributed by atoms with Gasteiger partial charge in [0.1, 0.15) is 5.82 Å². The van der Waals surface area contributed by atoms with Crippen LogP contribution in [0.1, 0.15) is 22.7 Å². The lowest BCUT2D eigenvalue weighted by Gasteiger charge is -2.18. The van der Waals surface area contributed by atoms with Crippen molar-refractivity contribution in [2.45, 2.75) is 19.4 Å². The highest BCUT2D eigenvalue weighted by molar-refractivity contribution is 6.31. The minimum Gasteiger partial charge on any atom is -0.271 e. The zero-order valence-electron chi connectivity index (χ0n) is 11.0. The topological polar surface area (TPSA) is 38.0 Å². The molecule has 0 bridgehead atoms. The molecule has 20 heavy (non-hydrogen) atoms. The van der Waals surface area contributed by atoms with Crippen LogP contribution in [0.4, 0.5) is 4.39 Å². The SMILES string of the molecule is Cc1cc(C(Cc2cccc(Cl)c2F)NN)ccc1Cl. The minimum atomic E-state index is -0.403. The maximum atomic E-state index is 13.9. The van der Waals surface area contributed by atoms with Crippen LogP contribution in [-0.4, -0.2) is 0 Å². The molecule has 0 radical (unpaired) electrons. The average molecular weight is 313 g/mol. The molecule has 0 saturated heterocycles. The van der Waals surface area contributed by atoms with Crippen molar-refractivity contribution < 1.29 is 4.39 Å². The summed E-state index contributed by atoms with van der Waals surface area (Å²) >= 11 is 11.8. The van der Waals surface area contributed by atoms with Crippen molar-refractivity contribution in [3.63, 3.8) is 0 Å². The molecule has 0 heterocycles. The minimum absolute atomic E-state index is 0.116. The van der Waals surface area contributed by atoms with Crippen molar-refractivity contribution >= 4 is 23.2 Å². The monoisotopic (exact) mass is 312 g/mol. The Kier molecular flexibility index (Phi) is 5.00. The second kappa shape index (κ2) is 6.55. The maximum absolute atomic E-state index is 13.9. The first kappa shape index (κ1) is 15.3. The van der Waals surface area contributed by atoms with Crippen molar-refractivity contribution in [3.05, 3.63) is 69.0 Å². The Labute approximate surface area is 127 Å². The Morgan fingerprint density at radius 2 is 1.95 bits per heavy atom. The molecule has 0 amide bonds. The normalized spacial score (nSPS) is 12.4. The number of hydrogen-bond donors (Lipinski definition) is 2. The molecule has 106 valence electrons. The molecule has 0 aliphatic heterocycles. The lowest BCUT2D eigenvalue weighted by atomic mass is 9.98. The van der Waals surface area contributed by atoms with Crippen LogP contribution in [0.25, 0.3) is 0 Å². The number of hydrazine groups is 1. The standard InChI is InChI=1S/C15H15Cl2FN2/c1-9-7-10(5-6-12(9)16)14(20-19)8-11-3-2-4-13(17)15(11)18/h2-7,14,20H,8,19H2,1H3. The van der Waals surface area contributed by atoms with Crippen LogP contribution >= 0.6 is 23.2 Å². The quantitative estimate of drug-likeness (QED) is 0.656. The maximum Gasteiger partial charge on any atom is 0.145 e. The van der Waals surface area contributed by atoms with E-state index >= 15 is 0 Å². The van der Waals surface area contributed by atoms with Gasteiger partial charge in [0.15, 0.2) is 0 Å². The van der Waals surface area contributed by atoms with Crippen LogP contribution in [0.5, 0.6) is 0 Å². The summed E-state index contributed by atoms with van der Waals surface area (Å²) in [6, 6.07) is 10.4. The fourth-order valence-electron chi connectivity index (χ4n) is 2.08. The molecule has 0 saturated carbocycles. The number of hydrogen-bond acceptors (Lipinski definition) is 2. The van der Waals surface area contributed by atoms with Crippen LogP contribution < -0.4 is 11.3 Å². The Morgan fingerprint density at radius 1 is 1.20 bits per heavy atom. The number of rotatable bonds is 4. The molecule has 0 aromatic heterocycles. The second-order valence-corrected chi connectivity index (χ2v) is 5.46. The van der Waals surface area contributed by atoms with Gasteiger partial charge in [0, 0.05) is 5.02 Å². The predicted molar refractivity (Wildman–Crippen MR) is 81.4 cm³/mol. The largest absolute Gasteiger partial charge is 0.271 e. The van der Waals surface area contributed by atoms with E-state index in [2.05, 4.69) is 5.43 Å². The lowest BCUT2D eigenvalue weighted by molar-refractivity contribution is 0.529. The fourth-order valence-corrected chi connectivity index (χ4v) is 2.40. The van der Waals surface area contributed by atoms with Gasteiger partial charge in [-0.1, -0.05) is 47.5 Å². The summed E-state index contributed by atoms with van der Waals surface area (Å²) in [4.78, 5) is 0. The van der Waals surface area contributed by atoms with Gasteiger partial charge in [0.25, 0.3) is 0 Å². The number of halogens is 3. The molecule has 2 aromatic rings. The Bertz CT molecular complexity index is 617. The smallest absolute Gasteiger partial charge is 0.145 e. The van der Waals surface area contributed by atoms with Gasteiger partial charge in [0.2, 0.25) is 0 Å². The summed E-state index contributed by atoms with van der Waals surface area (Å²) in [5.74, 6) is 5.19. The third-order valence-corrected chi connectivity index (χ3v) is 3.96. The Balaban J connectivity index is 2.28. The van der Waals surface area contributed by atoms with Crippen molar-refractivity contribution in [1.82, 2.24) is 5.43 Å². The number of nitrogens with one attached hydrogen (secondary N) is 1. The molecule has 0 aliphatic rings. The van der Waals surface area contributed by atoms with E-state index in [1.807, 2.05) is 25.1 Å². The molecule has 0 aliphatic carbocycles. The van der Waals surface area contributed by atoms with Gasteiger partial charge < -0.3 is 0 Å². The molecule has 2 nitrogen and oxygen atoms in total. The molecule has 5 heteroatoms. The number of benzene rings is 2. The van der Waals surface area contributed by atoms with E-state index in [1.165, 1.54) is 6.07 Å². The van der Waals surface area contributed by atoms with Gasteiger partial charge in [-0.2, -0.15) is 0 Å². The Morgan fingerprint density at radius 3 is 2.60 bits per heavy atom. The molecular weight excluding hydrogens is 298 g/mol. The summed E-state index contributed by atoms with van der Waals surface area (Å²) in [5.41, 5.74) is 5.14. The van der Waals surface area contributed by atoms with Gasteiger partial charge in [-0.15, -0.1) is 0 Å².